The summed E-state index contributed by atoms with van der Waals surface area (Å²) < 4.78 is 17.1. The molecular weight excluding hydrogens is 468 g/mol. The zero-order valence-corrected chi connectivity index (χ0v) is 20.4. The quantitative estimate of drug-likeness (QED) is 0.215. The zero-order valence-electron chi connectivity index (χ0n) is 20.4. The number of hydrogen-bond donors (Lipinski definition) is 3. The molecular formula is C25H32N4O7. The fraction of sp³-hybridized carbons (Fsp3) is 0.440. The van der Waals surface area contributed by atoms with E-state index in [1.807, 2.05) is 31.2 Å². The molecule has 36 heavy (non-hydrogen) atoms. The highest BCUT2D eigenvalue weighted by atomic mass is 16.7. The first-order valence-electron chi connectivity index (χ1n) is 11.8. The van der Waals surface area contributed by atoms with E-state index in [9.17, 15) is 20.0 Å². The molecule has 0 saturated heterocycles. The number of nitrogens with one attached hydrogen (secondary N) is 2. The number of nitro groups is 1. The van der Waals surface area contributed by atoms with E-state index in [4.69, 9.17) is 14.2 Å². The first-order valence-corrected chi connectivity index (χ1v) is 11.8. The fourth-order valence-corrected chi connectivity index (χ4v) is 4.02. The molecule has 1 amide bonds. The smallest absolute Gasteiger partial charge is 0.287 e. The second kappa shape index (κ2) is 13.4. The Morgan fingerprint density at radius 1 is 1.22 bits per heavy atom. The summed E-state index contributed by atoms with van der Waals surface area (Å²) in [5.74, 6) is 0.745. The highest BCUT2D eigenvalue weighted by molar-refractivity contribution is 5.91. The number of aliphatic hydroxyl groups excluding tert-OH is 1. The Morgan fingerprint density at radius 3 is 2.61 bits per heavy atom. The third-order valence-electron chi connectivity index (χ3n) is 5.81. The SMILES string of the molecule is CCO[C@H]1OC(C(=O)NCCNc2ccc([N+](=O)[O-])cn2)=C[C@@H](c2ccc(OC)cc2)[C@H]1CCCO. The van der Waals surface area contributed by atoms with Gasteiger partial charge in [0.05, 0.1) is 12.0 Å². The molecule has 0 spiro atoms. The van der Waals surface area contributed by atoms with E-state index in [-0.39, 0.29) is 42.3 Å². The first kappa shape index (κ1) is 26.9. The number of hydrogen-bond acceptors (Lipinski definition) is 9. The average molecular weight is 501 g/mol. The third kappa shape index (κ3) is 7.15. The van der Waals surface area contributed by atoms with Crippen molar-refractivity contribution in [3.8, 4) is 5.75 Å². The van der Waals surface area contributed by atoms with Crippen LogP contribution in [0.2, 0.25) is 0 Å². The molecule has 0 saturated carbocycles. The van der Waals surface area contributed by atoms with Gasteiger partial charge in [0.15, 0.2) is 5.76 Å². The van der Waals surface area contributed by atoms with Gasteiger partial charge in [-0.05, 0) is 49.6 Å². The molecule has 194 valence electrons. The number of rotatable bonds is 13. The van der Waals surface area contributed by atoms with E-state index in [1.165, 1.54) is 18.3 Å². The summed E-state index contributed by atoms with van der Waals surface area (Å²) >= 11 is 0. The third-order valence-corrected chi connectivity index (χ3v) is 5.81. The van der Waals surface area contributed by atoms with Gasteiger partial charge in [0.1, 0.15) is 17.8 Å². The van der Waals surface area contributed by atoms with Crippen LogP contribution < -0.4 is 15.4 Å². The predicted molar refractivity (Wildman–Crippen MR) is 133 cm³/mol. The molecule has 0 bridgehead atoms. The van der Waals surface area contributed by atoms with Crippen LogP contribution >= 0.6 is 0 Å². The van der Waals surface area contributed by atoms with Gasteiger partial charge in [0, 0.05) is 44.2 Å². The largest absolute Gasteiger partial charge is 0.497 e. The number of benzene rings is 1. The average Bonchev–Trinajstić information content (AvgIpc) is 2.90. The van der Waals surface area contributed by atoms with Gasteiger partial charge in [-0.25, -0.2) is 4.98 Å². The highest BCUT2D eigenvalue weighted by Crippen LogP contribution is 2.39. The number of ether oxygens (including phenoxy) is 3. The number of nitrogens with zero attached hydrogens (tertiary/aromatic N) is 2. The van der Waals surface area contributed by atoms with Crippen LogP contribution in [-0.2, 0) is 14.3 Å². The molecule has 1 aromatic carbocycles. The lowest BCUT2D eigenvalue weighted by Crippen LogP contribution is -2.39. The minimum Gasteiger partial charge on any atom is -0.497 e. The monoisotopic (exact) mass is 500 g/mol. The van der Waals surface area contributed by atoms with Gasteiger partial charge in [-0.1, -0.05) is 12.1 Å². The minimum absolute atomic E-state index is 0.0539. The van der Waals surface area contributed by atoms with Crippen molar-refractivity contribution in [1.82, 2.24) is 10.3 Å². The summed E-state index contributed by atoms with van der Waals surface area (Å²) in [6.45, 7) is 2.97. The Kier molecular flexibility index (Phi) is 10.0. The molecule has 1 aliphatic rings. The lowest BCUT2D eigenvalue weighted by molar-refractivity contribution is -0.385. The van der Waals surface area contributed by atoms with Crippen LogP contribution in [0, 0.1) is 16.0 Å². The van der Waals surface area contributed by atoms with Crippen LogP contribution in [0.4, 0.5) is 11.5 Å². The molecule has 3 N–H and O–H groups in total. The Bertz CT molecular complexity index is 1030. The fourth-order valence-electron chi connectivity index (χ4n) is 4.02. The van der Waals surface area contributed by atoms with Crippen LogP contribution in [-0.4, -0.2) is 60.6 Å². The number of methoxy groups -OCH3 is 1. The highest BCUT2D eigenvalue weighted by Gasteiger charge is 2.37. The van der Waals surface area contributed by atoms with Crippen molar-refractivity contribution >= 4 is 17.4 Å². The number of anilines is 1. The van der Waals surface area contributed by atoms with Crippen molar-refractivity contribution < 1.29 is 29.0 Å². The van der Waals surface area contributed by atoms with E-state index >= 15 is 0 Å². The van der Waals surface area contributed by atoms with Crippen LogP contribution in [0.25, 0.3) is 0 Å². The maximum atomic E-state index is 12.9. The van der Waals surface area contributed by atoms with Crippen molar-refractivity contribution in [2.45, 2.75) is 32.0 Å². The van der Waals surface area contributed by atoms with Crippen molar-refractivity contribution in [2.24, 2.45) is 5.92 Å². The van der Waals surface area contributed by atoms with Crippen LogP contribution in [0.15, 0.2) is 54.4 Å². The molecule has 11 nitrogen and oxygen atoms in total. The Morgan fingerprint density at radius 2 is 2.00 bits per heavy atom. The number of aliphatic hydroxyl groups is 1. The topological polar surface area (TPSA) is 145 Å². The Balaban J connectivity index is 1.69. The molecule has 0 unspecified atom stereocenters. The molecule has 3 atom stereocenters. The molecule has 1 aliphatic heterocycles. The molecule has 2 heterocycles. The molecule has 0 aliphatic carbocycles. The Labute approximate surface area is 209 Å². The summed E-state index contributed by atoms with van der Waals surface area (Å²) in [4.78, 5) is 27.1. The standard InChI is InChI=1S/C25H32N4O7/c1-3-35-25-20(5-4-14-30)21(17-6-9-19(34-2)10-7-17)15-22(36-25)24(31)27-13-12-26-23-11-8-18(16-28-23)29(32)33/h6-11,15-16,20-21,25,30H,3-5,12-14H2,1-2H3,(H,26,28)(H,27,31)/t20-,21+,25+/m1/s1. The molecule has 0 fully saturated rings. The van der Waals surface area contributed by atoms with Crippen LogP contribution in [0.3, 0.4) is 0 Å². The Hall–Kier alpha value is -3.70. The summed E-state index contributed by atoms with van der Waals surface area (Å²) in [7, 11) is 1.60. The maximum absolute atomic E-state index is 12.9. The van der Waals surface area contributed by atoms with Crippen LogP contribution in [0.1, 0.15) is 31.2 Å². The van der Waals surface area contributed by atoms with Crippen molar-refractivity contribution in [2.75, 3.05) is 38.7 Å². The lowest BCUT2D eigenvalue weighted by atomic mass is 9.80. The number of carbonyl (C=O) groups is 1. The molecule has 1 aromatic heterocycles. The minimum atomic E-state index is -0.637. The van der Waals surface area contributed by atoms with Gasteiger partial charge in [0.25, 0.3) is 11.6 Å². The van der Waals surface area contributed by atoms with Crippen LogP contribution in [0.5, 0.6) is 5.75 Å². The summed E-state index contributed by atoms with van der Waals surface area (Å²) in [6.07, 6.45) is 3.58. The number of amides is 1. The maximum Gasteiger partial charge on any atom is 0.287 e. The number of allylic oxidation sites excluding steroid dienone is 1. The summed E-state index contributed by atoms with van der Waals surface area (Å²) in [6, 6.07) is 10.5. The lowest BCUT2D eigenvalue weighted by Gasteiger charge is -2.37. The van der Waals surface area contributed by atoms with Gasteiger partial charge in [-0.15, -0.1) is 0 Å². The second-order valence-corrected chi connectivity index (χ2v) is 8.14. The normalized spacial score (nSPS) is 19.1. The van der Waals surface area contributed by atoms with Gasteiger partial charge in [-0.2, -0.15) is 0 Å². The van der Waals surface area contributed by atoms with Gasteiger partial charge in [0.2, 0.25) is 6.29 Å². The van der Waals surface area contributed by atoms with E-state index in [2.05, 4.69) is 15.6 Å². The molecule has 2 aromatic rings. The van der Waals surface area contributed by atoms with Crippen molar-refractivity contribution in [1.29, 1.82) is 0 Å². The predicted octanol–water partition coefficient (Wildman–Crippen LogP) is 2.98. The zero-order chi connectivity index (χ0) is 25.9. The second-order valence-electron chi connectivity index (χ2n) is 8.14. The van der Waals surface area contributed by atoms with E-state index in [0.717, 1.165) is 11.3 Å². The molecule has 0 radical (unpaired) electrons. The molecule has 11 heteroatoms. The van der Waals surface area contributed by atoms with Crippen molar-refractivity contribution in [3.05, 3.63) is 70.1 Å². The summed E-state index contributed by atoms with van der Waals surface area (Å²) in [5, 5.41) is 26.0. The first-order chi connectivity index (χ1) is 17.5. The van der Waals surface area contributed by atoms with Gasteiger partial charge in [-0.3, -0.25) is 14.9 Å². The number of carbonyl (C=O) groups excluding carboxylic acids is 1. The number of aromatic nitrogens is 1. The van der Waals surface area contributed by atoms with Crippen molar-refractivity contribution in [3.63, 3.8) is 0 Å². The number of pyridine rings is 1. The molecule has 3 rings (SSSR count). The summed E-state index contributed by atoms with van der Waals surface area (Å²) in [5.41, 5.74) is 0.894. The van der Waals surface area contributed by atoms with Gasteiger partial charge < -0.3 is 30.0 Å². The van der Waals surface area contributed by atoms with E-state index in [0.29, 0.717) is 31.8 Å². The van der Waals surface area contributed by atoms with Gasteiger partial charge >= 0.3 is 0 Å². The van der Waals surface area contributed by atoms with E-state index < -0.39 is 11.2 Å². The van der Waals surface area contributed by atoms with E-state index in [1.54, 1.807) is 13.2 Å².